The maximum absolute atomic E-state index is 14.7. The first kappa shape index (κ1) is 49.4. The SMILES string of the molecule is CC(C)c1ccccc1[C@@H]1COCCN1C1CC2(CCN(c3ccc(C(=O)NS(=O)(=O)c4ccc(NC[C@H]5CC[C@](C)(O)CC5)c([N+](=O)[O-])c4)c(N4C[C@@H]5CCOC[C@H]5Oc5nc6[nH]ccc6cc54)c3)CC2)C1. The summed E-state index contributed by atoms with van der Waals surface area (Å²) in [6, 6.07) is 22.7. The fourth-order valence-corrected chi connectivity index (χ4v) is 13.6. The number of fused-ring (bicyclic) bond motifs is 3. The van der Waals surface area contributed by atoms with E-state index >= 15 is 0 Å². The van der Waals surface area contributed by atoms with Crippen LogP contribution in [0.1, 0.15) is 112 Å². The number of aliphatic hydroxyl groups is 1. The van der Waals surface area contributed by atoms with E-state index in [9.17, 15) is 28.4 Å². The van der Waals surface area contributed by atoms with Crippen molar-refractivity contribution < 1.29 is 37.5 Å². The summed E-state index contributed by atoms with van der Waals surface area (Å²) in [6.45, 7) is 12.2. The van der Waals surface area contributed by atoms with Gasteiger partial charge in [0.05, 0.1) is 52.5 Å². The molecule has 73 heavy (non-hydrogen) atoms. The zero-order valence-corrected chi connectivity index (χ0v) is 42.9. The third-order valence-electron chi connectivity index (χ3n) is 17.0. The highest BCUT2D eigenvalue weighted by Gasteiger charge is 2.50. The molecule has 6 aliphatic rings. The van der Waals surface area contributed by atoms with Crippen LogP contribution in [0.4, 0.5) is 28.4 Å². The summed E-state index contributed by atoms with van der Waals surface area (Å²) in [5.41, 5.74) is 4.88. The fraction of sp³-hybridized carbons (Fsp3) is 0.527. The lowest BCUT2D eigenvalue weighted by Gasteiger charge is -2.57. The van der Waals surface area contributed by atoms with Crippen LogP contribution in [-0.4, -0.2) is 116 Å². The van der Waals surface area contributed by atoms with Crippen molar-refractivity contribution in [2.45, 2.75) is 113 Å². The van der Waals surface area contributed by atoms with Gasteiger partial charge in [-0.1, -0.05) is 38.1 Å². The molecular formula is C55H68N8O9S. The second-order valence-corrected chi connectivity index (χ2v) is 23.9. The number of carbonyl (C=O) groups excluding carboxylic acids is 1. The fourth-order valence-electron chi connectivity index (χ4n) is 12.6. The molecule has 2 saturated carbocycles. The number of aromatic amines is 1. The van der Waals surface area contributed by atoms with Gasteiger partial charge in [0.25, 0.3) is 21.6 Å². The van der Waals surface area contributed by atoms with Gasteiger partial charge in [0.1, 0.15) is 23.1 Å². The molecule has 0 radical (unpaired) electrons. The Morgan fingerprint density at radius 2 is 1.73 bits per heavy atom. The van der Waals surface area contributed by atoms with Crippen molar-refractivity contribution in [2.24, 2.45) is 17.3 Å². The number of hydrogen-bond donors (Lipinski definition) is 4. The minimum absolute atomic E-state index is 0.00317. The average molecular weight is 1020 g/mol. The van der Waals surface area contributed by atoms with Crippen LogP contribution >= 0.6 is 0 Å². The van der Waals surface area contributed by atoms with Crippen molar-refractivity contribution >= 4 is 55.4 Å². The van der Waals surface area contributed by atoms with Crippen LogP contribution in [0.5, 0.6) is 5.88 Å². The summed E-state index contributed by atoms with van der Waals surface area (Å²) in [5, 5.41) is 26.8. The lowest BCUT2D eigenvalue weighted by molar-refractivity contribution is -0.384. The van der Waals surface area contributed by atoms with Gasteiger partial charge in [-0.15, -0.1) is 0 Å². The molecule has 1 spiro atoms. The summed E-state index contributed by atoms with van der Waals surface area (Å²) in [4.78, 5) is 41.3. The van der Waals surface area contributed by atoms with Gasteiger partial charge in [-0.25, -0.2) is 13.1 Å². The topological polar surface area (TPSA) is 205 Å². The molecule has 0 bridgehead atoms. The normalized spacial score (nSPS) is 25.6. The van der Waals surface area contributed by atoms with E-state index in [0.29, 0.717) is 87.0 Å². The monoisotopic (exact) mass is 1020 g/mol. The number of hydrogen-bond acceptors (Lipinski definition) is 14. The summed E-state index contributed by atoms with van der Waals surface area (Å²) in [6.07, 6.45) is 9.36. The highest BCUT2D eigenvalue weighted by Crippen LogP contribution is 2.54. The second-order valence-electron chi connectivity index (χ2n) is 22.2. The second kappa shape index (κ2) is 19.8. The molecule has 6 heterocycles. The Hall–Kier alpha value is -5.79. The van der Waals surface area contributed by atoms with Gasteiger partial charge in [-0.2, -0.15) is 4.98 Å². The van der Waals surface area contributed by atoms with Crippen molar-refractivity contribution in [2.75, 3.05) is 74.3 Å². The number of anilines is 4. The van der Waals surface area contributed by atoms with E-state index in [1.807, 2.05) is 42.3 Å². The van der Waals surface area contributed by atoms with Gasteiger partial charge in [0.2, 0.25) is 5.88 Å². The number of amides is 1. The van der Waals surface area contributed by atoms with E-state index < -0.39 is 37.0 Å². The first-order valence-electron chi connectivity index (χ1n) is 26.3. The largest absolute Gasteiger partial charge is 0.470 e. The van der Waals surface area contributed by atoms with Crippen LogP contribution in [0.25, 0.3) is 11.0 Å². The quantitative estimate of drug-likeness (QED) is 0.0681. The Kier molecular flexibility index (Phi) is 13.4. The van der Waals surface area contributed by atoms with Crippen molar-refractivity contribution in [1.82, 2.24) is 19.6 Å². The first-order chi connectivity index (χ1) is 35.1. The maximum atomic E-state index is 14.7. The number of nitro groups is 1. The highest BCUT2D eigenvalue weighted by molar-refractivity contribution is 7.90. The number of nitro benzene ring substituents is 1. The number of ether oxygens (including phenoxy) is 3. The van der Waals surface area contributed by atoms with E-state index in [1.165, 1.54) is 23.3 Å². The lowest BCUT2D eigenvalue weighted by atomic mass is 9.59. The number of nitrogens with one attached hydrogen (secondary N) is 3. The van der Waals surface area contributed by atoms with E-state index in [1.54, 1.807) is 6.07 Å². The van der Waals surface area contributed by atoms with E-state index in [-0.39, 0.29) is 40.6 Å². The molecule has 17 nitrogen and oxygen atoms in total. The minimum atomic E-state index is -4.62. The minimum Gasteiger partial charge on any atom is -0.470 e. The third-order valence-corrected chi connectivity index (χ3v) is 18.3. The lowest BCUT2D eigenvalue weighted by Crippen LogP contribution is -2.58. The van der Waals surface area contributed by atoms with E-state index in [2.05, 4.69) is 62.9 Å². The number of piperidine rings is 1. The molecular weight excluding hydrogens is 949 g/mol. The molecule has 3 atom stereocenters. The molecule has 0 unspecified atom stereocenters. The van der Waals surface area contributed by atoms with Gasteiger partial charge in [0.15, 0.2) is 0 Å². The summed E-state index contributed by atoms with van der Waals surface area (Å²) in [5.74, 6) is 0.127. The van der Waals surface area contributed by atoms with Crippen LogP contribution in [0.15, 0.2) is 83.9 Å². The third kappa shape index (κ3) is 10.0. The smallest absolute Gasteiger partial charge is 0.293 e. The molecule has 11 rings (SSSR count). The molecule has 5 aromatic rings. The zero-order chi connectivity index (χ0) is 50.6. The predicted molar refractivity (Wildman–Crippen MR) is 279 cm³/mol. The molecule has 1 amide bonds. The van der Waals surface area contributed by atoms with Crippen molar-refractivity contribution in [3.05, 3.63) is 106 Å². The summed E-state index contributed by atoms with van der Waals surface area (Å²) in [7, 11) is -4.62. The van der Waals surface area contributed by atoms with E-state index in [4.69, 9.17) is 19.2 Å². The molecule has 4 N–H and O–H groups in total. The van der Waals surface area contributed by atoms with Crippen molar-refractivity contribution in [1.29, 1.82) is 0 Å². The number of pyridine rings is 1. The Balaban J connectivity index is 0.865. The molecule has 18 heteroatoms. The van der Waals surface area contributed by atoms with Gasteiger partial charge in [-0.05, 0) is 136 Å². The Morgan fingerprint density at radius 1 is 0.945 bits per heavy atom. The van der Waals surface area contributed by atoms with Crippen molar-refractivity contribution in [3.63, 3.8) is 0 Å². The Morgan fingerprint density at radius 3 is 2.51 bits per heavy atom. The Bertz CT molecular complexity index is 2970. The molecule has 5 fully saturated rings. The number of morpholine rings is 1. The Labute approximate surface area is 427 Å². The summed E-state index contributed by atoms with van der Waals surface area (Å²) >= 11 is 0. The number of rotatable bonds is 12. The average Bonchev–Trinajstić information content (AvgIpc) is 3.77. The van der Waals surface area contributed by atoms with Crippen LogP contribution in [-0.2, 0) is 19.5 Å². The maximum Gasteiger partial charge on any atom is 0.293 e. The first-order valence-corrected chi connectivity index (χ1v) is 27.7. The summed E-state index contributed by atoms with van der Waals surface area (Å²) < 4.78 is 49.3. The van der Waals surface area contributed by atoms with Gasteiger partial charge >= 0.3 is 0 Å². The van der Waals surface area contributed by atoms with Crippen LogP contribution < -0.4 is 24.6 Å². The molecule has 2 aromatic heterocycles. The predicted octanol–water partition coefficient (Wildman–Crippen LogP) is 8.82. The molecule has 388 valence electrons. The van der Waals surface area contributed by atoms with Crippen LogP contribution in [0, 0.1) is 27.4 Å². The van der Waals surface area contributed by atoms with E-state index in [0.717, 1.165) is 81.9 Å². The number of benzene rings is 3. The number of nitrogens with zero attached hydrogens (tertiary/aromatic N) is 5. The van der Waals surface area contributed by atoms with Crippen molar-refractivity contribution in [3.8, 4) is 5.88 Å². The van der Waals surface area contributed by atoms with Gasteiger partial charge in [0, 0.05) is 74.6 Å². The molecule has 3 aromatic carbocycles. The molecule has 3 saturated heterocycles. The molecule has 2 aliphatic carbocycles. The standard InChI is InChI=1S/C55H68N8O9S/c1-35(2)42-6-4-5-7-43(42)49-33-71-25-23-61(49)40-29-55(30-40)18-21-60(22-19-55)39-8-10-44(46(27-39)62-32-38-15-24-70-34-50(38)72-53-48(62)26-37-14-20-56-51(37)58-53)52(64)59-73(68,69)41-9-11-45(47(28-41)63(66)67)57-31-36-12-16-54(3,65)17-13-36/h4-11,14,20,26-28,35-36,38,40,49-50,57,65H,12-13,15-19,21-25,29-34H2,1-3H3,(H,56,58)(H,59,64)/t36-,38-,49-,50+,54-/m0/s1. The number of sulfonamides is 1. The number of carbonyl (C=O) groups is 1. The van der Waals surface area contributed by atoms with Crippen LogP contribution in [0.3, 0.4) is 0 Å². The molecule has 4 aliphatic heterocycles. The highest BCUT2D eigenvalue weighted by atomic mass is 32.2. The van der Waals surface area contributed by atoms with Crippen LogP contribution in [0.2, 0.25) is 0 Å². The number of H-pyrrole nitrogens is 1. The number of aromatic nitrogens is 2. The van der Waals surface area contributed by atoms with Gasteiger partial charge in [-0.3, -0.25) is 19.8 Å². The zero-order valence-electron chi connectivity index (χ0n) is 42.1. The van der Waals surface area contributed by atoms with Gasteiger partial charge < -0.3 is 39.4 Å².